The van der Waals surface area contributed by atoms with Crippen molar-refractivity contribution in [3.05, 3.63) is 65.7 Å². The van der Waals surface area contributed by atoms with E-state index in [0.29, 0.717) is 6.61 Å². The molecule has 0 radical (unpaired) electrons. The molecule has 0 aromatic heterocycles. The Morgan fingerprint density at radius 3 is 2.63 bits per heavy atom. The molecule has 0 aliphatic heterocycles. The minimum atomic E-state index is -0.0368. The molecule has 1 unspecified atom stereocenters. The predicted molar refractivity (Wildman–Crippen MR) is 79.7 cm³/mol. The fourth-order valence-corrected chi connectivity index (χ4v) is 2.13. The highest BCUT2D eigenvalue weighted by Gasteiger charge is 2.07. The number of alkyl halides is 1. The Labute approximate surface area is 119 Å². The molecule has 2 nitrogen and oxygen atoms in total. The molecule has 2 aromatic carbocycles. The Bertz CT molecular complexity index is 501. The average Bonchev–Trinajstić information content (AvgIpc) is 2.47. The molecule has 3 heteroatoms. The first-order valence-corrected chi connectivity index (χ1v) is 6.78. The zero-order chi connectivity index (χ0) is 13.5. The number of halogens is 1. The number of ether oxygens (including phenoxy) is 1. The molecule has 0 heterocycles. The van der Waals surface area contributed by atoms with Crippen LogP contribution < -0.4 is 10.1 Å². The van der Waals surface area contributed by atoms with Crippen LogP contribution in [0.15, 0.2) is 54.6 Å². The monoisotopic (exact) mass is 275 g/mol. The van der Waals surface area contributed by atoms with Crippen molar-refractivity contribution in [2.45, 2.75) is 12.0 Å². The SMILES string of the molecule is CNCC(Cl)c1cccc(OCc2ccccc2)c1. The molecule has 2 aromatic rings. The van der Waals surface area contributed by atoms with Gasteiger partial charge in [0.25, 0.3) is 0 Å². The lowest BCUT2D eigenvalue weighted by Gasteiger charge is -2.11. The van der Waals surface area contributed by atoms with Gasteiger partial charge in [-0.15, -0.1) is 11.6 Å². The maximum Gasteiger partial charge on any atom is 0.120 e. The van der Waals surface area contributed by atoms with Crippen LogP contribution in [0.3, 0.4) is 0 Å². The number of hydrogen-bond donors (Lipinski definition) is 1. The number of likely N-dealkylation sites (N-methyl/N-ethyl adjacent to an activating group) is 1. The van der Waals surface area contributed by atoms with E-state index < -0.39 is 0 Å². The molecule has 0 aliphatic carbocycles. The minimum Gasteiger partial charge on any atom is -0.489 e. The van der Waals surface area contributed by atoms with Crippen molar-refractivity contribution in [3.8, 4) is 5.75 Å². The van der Waals surface area contributed by atoms with Crippen LogP contribution in [0.25, 0.3) is 0 Å². The third-order valence-corrected chi connectivity index (χ3v) is 3.26. The quantitative estimate of drug-likeness (QED) is 0.811. The molecule has 0 spiro atoms. The first kappa shape index (κ1) is 13.9. The minimum absolute atomic E-state index is 0.0368. The fourth-order valence-electron chi connectivity index (χ4n) is 1.84. The molecular formula is C16H18ClNO. The van der Waals surface area contributed by atoms with Crippen LogP contribution in [0, 0.1) is 0 Å². The van der Waals surface area contributed by atoms with Gasteiger partial charge in [0.2, 0.25) is 0 Å². The van der Waals surface area contributed by atoms with Gasteiger partial charge in [-0.25, -0.2) is 0 Å². The lowest BCUT2D eigenvalue weighted by Crippen LogP contribution is -2.13. The van der Waals surface area contributed by atoms with Crippen LogP contribution in [0.1, 0.15) is 16.5 Å². The van der Waals surface area contributed by atoms with E-state index in [4.69, 9.17) is 16.3 Å². The number of nitrogens with one attached hydrogen (secondary N) is 1. The summed E-state index contributed by atoms with van der Waals surface area (Å²) >= 11 is 6.28. The molecule has 1 N–H and O–H groups in total. The molecule has 19 heavy (non-hydrogen) atoms. The van der Waals surface area contributed by atoms with Crippen LogP contribution in [-0.4, -0.2) is 13.6 Å². The van der Waals surface area contributed by atoms with Crippen molar-refractivity contribution in [3.63, 3.8) is 0 Å². The Kier molecular flexibility index (Phi) is 5.25. The highest BCUT2D eigenvalue weighted by atomic mass is 35.5. The maximum absolute atomic E-state index is 6.28. The van der Waals surface area contributed by atoms with Gasteiger partial charge in [0, 0.05) is 6.54 Å². The van der Waals surface area contributed by atoms with Gasteiger partial charge in [0.1, 0.15) is 12.4 Å². The lowest BCUT2D eigenvalue weighted by molar-refractivity contribution is 0.306. The summed E-state index contributed by atoms with van der Waals surface area (Å²) in [7, 11) is 1.89. The number of hydrogen-bond acceptors (Lipinski definition) is 2. The predicted octanol–water partition coefficient (Wildman–Crippen LogP) is 3.76. The lowest BCUT2D eigenvalue weighted by atomic mass is 10.1. The molecular weight excluding hydrogens is 258 g/mol. The summed E-state index contributed by atoms with van der Waals surface area (Å²) in [5.41, 5.74) is 2.23. The van der Waals surface area contributed by atoms with Crippen molar-refractivity contribution in [1.29, 1.82) is 0 Å². The van der Waals surface area contributed by atoms with E-state index in [1.54, 1.807) is 0 Å². The molecule has 0 amide bonds. The van der Waals surface area contributed by atoms with Crippen LogP contribution in [-0.2, 0) is 6.61 Å². The molecule has 0 aliphatic rings. The first-order valence-electron chi connectivity index (χ1n) is 6.35. The number of rotatable bonds is 6. The second kappa shape index (κ2) is 7.17. The Morgan fingerprint density at radius 2 is 1.89 bits per heavy atom. The molecule has 0 saturated heterocycles. The summed E-state index contributed by atoms with van der Waals surface area (Å²) in [4.78, 5) is 0. The summed E-state index contributed by atoms with van der Waals surface area (Å²) in [5, 5.41) is 3.03. The van der Waals surface area contributed by atoms with Gasteiger partial charge in [-0.3, -0.25) is 0 Å². The molecule has 0 saturated carbocycles. The highest BCUT2D eigenvalue weighted by molar-refractivity contribution is 6.21. The van der Waals surface area contributed by atoms with Crippen LogP contribution in [0.5, 0.6) is 5.75 Å². The normalized spacial score (nSPS) is 12.1. The van der Waals surface area contributed by atoms with Gasteiger partial charge in [-0.1, -0.05) is 42.5 Å². The molecule has 1 atom stereocenters. The maximum atomic E-state index is 6.28. The Balaban J connectivity index is 1.99. The van der Waals surface area contributed by atoms with Crippen molar-refractivity contribution in [2.75, 3.05) is 13.6 Å². The fraction of sp³-hybridized carbons (Fsp3) is 0.250. The first-order chi connectivity index (χ1) is 9.29. The summed E-state index contributed by atoms with van der Waals surface area (Å²) in [5.74, 6) is 0.850. The van der Waals surface area contributed by atoms with Crippen molar-refractivity contribution in [1.82, 2.24) is 5.32 Å². The standard InChI is InChI=1S/C16H18ClNO/c1-18-11-16(17)14-8-5-9-15(10-14)19-12-13-6-3-2-4-7-13/h2-10,16,18H,11-12H2,1H3. The van der Waals surface area contributed by atoms with Crippen molar-refractivity contribution >= 4 is 11.6 Å². The van der Waals surface area contributed by atoms with E-state index in [1.807, 2.05) is 49.5 Å². The Hall–Kier alpha value is -1.51. The summed E-state index contributed by atoms with van der Waals surface area (Å²) in [6.07, 6.45) is 0. The Morgan fingerprint density at radius 1 is 1.11 bits per heavy atom. The van der Waals surface area contributed by atoms with E-state index >= 15 is 0 Å². The zero-order valence-corrected chi connectivity index (χ0v) is 11.7. The average molecular weight is 276 g/mol. The summed E-state index contributed by atoms with van der Waals surface area (Å²) in [6.45, 7) is 1.31. The molecule has 2 rings (SSSR count). The molecule has 0 fully saturated rings. The second-order valence-corrected chi connectivity index (χ2v) is 4.90. The van der Waals surface area contributed by atoms with Crippen LogP contribution in [0.4, 0.5) is 0 Å². The van der Waals surface area contributed by atoms with E-state index in [-0.39, 0.29) is 5.38 Å². The van der Waals surface area contributed by atoms with Gasteiger partial charge >= 0.3 is 0 Å². The van der Waals surface area contributed by atoms with E-state index in [0.717, 1.165) is 23.4 Å². The van der Waals surface area contributed by atoms with Gasteiger partial charge in [-0.05, 0) is 30.3 Å². The summed E-state index contributed by atoms with van der Waals surface area (Å²) in [6, 6.07) is 18.1. The zero-order valence-electron chi connectivity index (χ0n) is 11.0. The van der Waals surface area contributed by atoms with Crippen LogP contribution >= 0.6 is 11.6 Å². The van der Waals surface area contributed by atoms with Gasteiger partial charge in [-0.2, -0.15) is 0 Å². The topological polar surface area (TPSA) is 21.3 Å². The smallest absolute Gasteiger partial charge is 0.120 e. The van der Waals surface area contributed by atoms with Gasteiger partial charge in [0.15, 0.2) is 0 Å². The molecule has 100 valence electrons. The van der Waals surface area contributed by atoms with E-state index in [2.05, 4.69) is 17.4 Å². The third kappa shape index (κ3) is 4.27. The van der Waals surface area contributed by atoms with E-state index in [9.17, 15) is 0 Å². The van der Waals surface area contributed by atoms with E-state index in [1.165, 1.54) is 0 Å². The van der Waals surface area contributed by atoms with Gasteiger partial charge in [0.05, 0.1) is 5.38 Å². The second-order valence-electron chi connectivity index (χ2n) is 4.37. The van der Waals surface area contributed by atoms with Crippen molar-refractivity contribution in [2.24, 2.45) is 0 Å². The van der Waals surface area contributed by atoms with Crippen LogP contribution in [0.2, 0.25) is 0 Å². The largest absolute Gasteiger partial charge is 0.489 e. The third-order valence-electron chi connectivity index (χ3n) is 2.85. The number of benzene rings is 2. The summed E-state index contributed by atoms with van der Waals surface area (Å²) < 4.78 is 5.78. The van der Waals surface area contributed by atoms with Crippen molar-refractivity contribution < 1.29 is 4.74 Å². The molecule has 0 bridgehead atoms. The van der Waals surface area contributed by atoms with Gasteiger partial charge < -0.3 is 10.1 Å². The highest BCUT2D eigenvalue weighted by Crippen LogP contribution is 2.24.